The van der Waals surface area contributed by atoms with E-state index in [4.69, 9.17) is 14.2 Å². The number of carbonyl (C=O) groups is 1. The summed E-state index contributed by atoms with van der Waals surface area (Å²) in [6, 6.07) is 20.8. The zero-order valence-electron chi connectivity index (χ0n) is 44.1. The van der Waals surface area contributed by atoms with Crippen molar-refractivity contribution in [3.8, 4) is 17.4 Å². The number of benzene rings is 4. The molecule has 21 heteroatoms. The molecule has 11 rings (SSSR count). The van der Waals surface area contributed by atoms with Crippen molar-refractivity contribution in [1.29, 1.82) is 0 Å². The molecule has 0 unspecified atom stereocenters. The van der Waals surface area contributed by atoms with E-state index in [1.54, 1.807) is 18.2 Å². The van der Waals surface area contributed by atoms with E-state index < -0.39 is 38.3 Å². The van der Waals surface area contributed by atoms with Crippen LogP contribution in [-0.4, -0.2) is 117 Å². The van der Waals surface area contributed by atoms with Crippen molar-refractivity contribution < 1.29 is 40.6 Å². The van der Waals surface area contributed by atoms with Gasteiger partial charge in [0.2, 0.25) is 0 Å². The van der Waals surface area contributed by atoms with Crippen LogP contribution in [0.4, 0.5) is 30.2 Å². The van der Waals surface area contributed by atoms with Gasteiger partial charge >= 0.3 is 0 Å². The first-order valence-electron chi connectivity index (χ1n) is 26.7. The number of H-pyrrole nitrogens is 2. The molecule has 6 heterocycles. The first-order chi connectivity index (χ1) is 37.6. The fourth-order valence-corrected chi connectivity index (χ4v) is 13.3. The average Bonchev–Trinajstić information content (AvgIpc) is 4.18. The Morgan fingerprint density at radius 3 is 2.47 bits per heavy atom. The Balaban J connectivity index is 0.833. The van der Waals surface area contributed by atoms with E-state index in [-0.39, 0.29) is 68.1 Å². The van der Waals surface area contributed by atoms with Gasteiger partial charge in [-0.3, -0.25) is 14.6 Å². The minimum atomic E-state index is -4.72. The zero-order valence-corrected chi connectivity index (χ0v) is 44.9. The molecular weight excluding hydrogens is 1030 g/mol. The lowest BCUT2D eigenvalue weighted by atomic mass is 9.59. The summed E-state index contributed by atoms with van der Waals surface area (Å²) in [6.45, 7) is 10.5. The number of ether oxygens (including phenoxy) is 3. The van der Waals surface area contributed by atoms with Gasteiger partial charge < -0.3 is 44.7 Å². The summed E-state index contributed by atoms with van der Waals surface area (Å²) < 4.78 is 91.7. The molecule has 1 spiro atoms. The molecule has 4 aromatic carbocycles. The Hall–Kier alpha value is -6.91. The maximum atomic E-state index is 15.0. The van der Waals surface area contributed by atoms with Crippen LogP contribution in [0.3, 0.4) is 0 Å². The van der Waals surface area contributed by atoms with Gasteiger partial charge in [0.25, 0.3) is 21.8 Å². The summed E-state index contributed by atoms with van der Waals surface area (Å²) in [5.41, 5.74) is 4.98. The summed E-state index contributed by atoms with van der Waals surface area (Å²) in [7, 11) is -2.07. The second-order valence-corrected chi connectivity index (χ2v) is 23.3. The van der Waals surface area contributed by atoms with Gasteiger partial charge in [0, 0.05) is 95.1 Å². The van der Waals surface area contributed by atoms with Crippen molar-refractivity contribution in [3.05, 3.63) is 130 Å². The fourth-order valence-electron chi connectivity index (χ4n) is 12.2. The number of halogens is 3. The van der Waals surface area contributed by atoms with Crippen LogP contribution in [0.5, 0.6) is 17.4 Å². The van der Waals surface area contributed by atoms with E-state index >= 15 is 0 Å². The Morgan fingerprint density at radius 2 is 1.73 bits per heavy atom. The van der Waals surface area contributed by atoms with Crippen molar-refractivity contribution in [2.24, 2.45) is 11.3 Å². The van der Waals surface area contributed by atoms with Crippen molar-refractivity contribution >= 4 is 55.1 Å². The molecule has 1 saturated carbocycles. The molecule has 7 aromatic rings. The van der Waals surface area contributed by atoms with E-state index in [0.717, 1.165) is 75.6 Å². The van der Waals surface area contributed by atoms with Crippen LogP contribution < -0.4 is 29.5 Å². The number of aromatic nitrogens is 4. The second-order valence-electron chi connectivity index (χ2n) is 21.6. The number of hydrogen-bond donors (Lipinski definition) is 4. The molecule has 412 valence electrons. The van der Waals surface area contributed by atoms with Crippen LogP contribution in [-0.2, 0) is 21.3 Å². The zero-order chi connectivity index (χ0) is 54.5. The molecule has 1 amide bonds. The Bertz CT molecular complexity index is 3460. The third-order valence-electron chi connectivity index (χ3n) is 16.5. The number of anilines is 3. The topological polar surface area (TPSA) is 196 Å². The van der Waals surface area contributed by atoms with Gasteiger partial charge in [0.15, 0.2) is 17.4 Å². The Morgan fingerprint density at radius 1 is 0.949 bits per heavy atom. The smallest absolute Gasteiger partial charge is 0.268 e. The van der Waals surface area contributed by atoms with Crippen molar-refractivity contribution in [2.45, 2.75) is 81.8 Å². The number of hydrogen-bond acceptors (Lipinski definition) is 14. The third kappa shape index (κ3) is 10.6. The van der Waals surface area contributed by atoms with Crippen LogP contribution >= 0.6 is 0 Å². The van der Waals surface area contributed by atoms with Gasteiger partial charge in [-0.1, -0.05) is 44.2 Å². The molecule has 1 aliphatic carbocycles. The molecular formula is C57H64F3N10O7S-. The SMILES string of the molecule is COc1nc2[nH]cc(F)c2cc1Oc1cc(N2CCC3(CC2)CC(N2CCN(Cc4ccc(F)c(F)c4)C[C@H]2c2ccccc2C(C)C)C3)ccc1C(=O)NS(=O)(=O)c1cc(N(C)[O-])c(NCC2CCOCC2)c2[nH]cnc12. The molecule has 17 nitrogen and oxygen atoms in total. The third-order valence-corrected chi connectivity index (χ3v) is 17.8. The highest BCUT2D eigenvalue weighted by atomic mass is 32.2. The van der Waals surface area contributed by atoms with Gasteiger partial charge in [-0.05, 0) is 110 Å². The number of imidazole rings is 1. The number of amides is 1. The predicted octanol–water partition coefficient (Wildman–Crippen LogP) is 9.98. The van der Waals surface area contributed by atoms with E-state index in [9.17, 15) is 31.6 Å². The number of nitrogens with zero attached hydrogens (tertiary/aromatic N) is 6. The van der Waals surface area contributed by atoms with Crippen molar-refractivity contribution in [2.75, 3.05) is 81.9 Å². The highest BCUT2D eigenvalue weighted by Crippen LogP contribution is 2.54. The average molecular weight is 1090 g/mol. The summed E-state index contributed by atoms with van der Waals surface area (Å²) in [5.74, 6) is -2.75. The molecule has 0 bridgehead atoms. The number of piperidine rings is 1. The van der Waals surface area contributed by atoms with Crippen molar-refractivity contribution in [1.82, 2.24) is 34.5 Å². The van der Waals surface area contributed by atoms with Crippen LogP contribution in [0, 0.1) is 34.0 Å². The minimum absolute atomic E-state index is 0.00601. The van der Waals surface area contributed by atoms with Crippen LogP contribution in [0.2, 0.25) is 0 Å². The largest absolute Gasteiger partial charge is 0.758 e. The number of sulfonamides is 1. The highest BCUT2D eigenvalue weighted by molar-refractivity contribution is 7.90. The molecule has 4 aliphatic rings. The Kier molecular flexibility index (Phi) is 14.8. The maximum absolute atomic E-state index is 15.0. The minimum Gasteiger partial charge on any atom is -0.758 e. The predicted molar refractivity (Wildman–Crippen MR) is 292 cm³/mol. The first-order valence-corrected chi connectivity index (χ1v) is 28.1. The summed E-state index contributed by atoms with van der Waals surface area (Å²) in [4.78, 5) is 35.8. The van der Waals surface area contributed by atoms with Gasteiger partial charge in [-0.15, -0.1) is 0 Å². The van der Waals surface area contributed by atoms with E-state index in [2.05, 4.69) is 82.8 Å². The number of methoxy groups -OCH3 is 1. The molecule has 0 radical (unpaired) electrons. The molecule has 3 aliphatic heterocycles. The number of fused-ring (bicyclic) bond motifs is 2. The molecule has 4 fully saturated rings. The normalized spacial score (nSPS) is 18.7. The molecule has 78 heavy (non-hydrogen) atoms. The summed E-state index contributed by atoms with van der Waals surface area (Å²) in [5, 5.41) is 17.1. The summed E-state index contributed by atoms with van der Waals surface area (Å²) in [6.07, 6.45) is 8.04. The Labute approximate surface area is 451 Å². The molecule has 1 atom stereocenters. The number of carbonyl (C=O) groups excluding carboxylic acids is 1. The van der Waals surface area contributed by atoms with Gasteiger partial charge in [0.05, 0.1) is 41.3 Å². The van der Waals surface area contributed by atoms with E-state index in [0.29, 0.717) is 62.1 Å². The van der Waals surface area contributed by atoms with Gasteiger partial charge in [-0.25, -0.2) is 31.3 Å². The number of hydroxylamine groups is 1. The molecule has 3 saturated heterocycles. The molecule has 4 N–H and O–H groups in total. The van der Waals surface area contributed by atoms with Crippen LogP contribution in [0.15, 0.2) is 90.2 Å². The second kappa shape index (κ2) is 21.7. The summed E-state index contributed by atoms with van der Waals surface area (Å²) >= 11 is 0. The number of pyridine rings is 1. The standard InChI is InChI=1S/C57H64F3N10O7S/c1-34(2)39-7-5-6-8-40(39)47-32-68(31-36-9-12-43(58)44(59)23-36)19-20-70(47)38-27-57(28-38)15-17-69(18-16-57)37-10-11-41(48(24-37)77-49-25-42-45(60)30-62-54(42)65-56(49)75-4)55(71)66-78(73,74)50-26-46(67(3)72)51(53-52(50)63-33-64-53)61-29-35-13-21-76-22-14-35/h5-12,23-26,30,33-35,38,47,61H,13-22,27-29,31-32H2,1-4H3,(H,62,65)(H,63,64)(H,66,71)/q-1/t47-/m0/s1. The van der Waals surface area contributed by atoms with Gasteiger partial charge in [0.1, 0.15) is 27.6 Å². The van der Waals surface area contributed by atoms with Crippen LogP contribution in [0.25, 0.3) is 22.1 Å². The van der Waals surface area contributed by atoms with E-state index in [1.807, 2.05) is 0 Å². The lowest BCUT2D eigenvalue weighted by molar-refractivity contribution is -0.0628. The first kappa shape index (κ1) is 53.1. The fraction of sp³-hybridized carbons (Fsp3) is 0.421. The van der Waals surface area contributed by atoms with Gasteiger partial charge in [-0.2, -0.15) is 4.98 Å². The number of piperazine rings is 1. The van der Waals surface area contributed by atoms with Crippen molar-refractivity contribution in [3.63, 3.8) is 0 Å². The lowest BCUT2D eigenvalue weighted by Crippen LogP contribution is -2.60. The number of nitrogens with one attached hydrogen (secondary N) is 4. The van der Waals surface area contributed by atoms with Crippen LogP contribution in [0.1, 0.15) is 91.4 Å². The van der Waals surface area contributed by atoms with E-state index in [1.165, 1.54) is 61.9 Å². The number of aromatic amines is 2. The lowest BCUT2D eigenvalue weighted by Gasteiger charge is -2.58. The highest BCUT2D eigenvalue weighted by Gasteiger charge is 2.50. The quantitative estimate of drug-likeness (QED) is 0.0667. The molecule has 3 aromatic heterocycles. The number of rotatable bonds is 16. The maximum Gasteiger partial charge on any atom is 0.268 e. The monoisotopic (exact) mass is 1090 g/mol.